The van der Waals surface area contributed by atoms with Gasteiger partial charge >= 0.3 is 6.61 Å². The zero-order chi connectivity index (χ0) is 12.3. The minimum absolute atomic E-state index is 0.00749. The van der Waals surface area contributed by atoms with Crippen LogP contribution in [-0.2, 0) is 0 Å². The molecule has 0 spiro atoms. The van der Waals surface area contributed by atoms with E-state index in [1.807, 2.05) is 22.6 Å². The van der Waals surface area contributed by atoms with E-state index in [-0.39, 0.29) is 16.4 Å². The zero-order valence-electron chi connectivity index (χ0n) is 8.22. The Bertz CT molecular complexity index is 396. The van der Waals surface area contributed by atoms with Crippen LogP contribution in [0.5, 0.6) is 5.75 Å². The third-order valence-corrected chi connectivity index (χ3v) is 3.15. The molecule has 1 atom stereocenters. The highest BCUT2D eigenvalue weighted by atomic mass is 127. The molecule has 2 nitrogen and oxygen atoms in total. The van der Waals surface area contributed by atoms with E-state index in [0.29, 0.717) is 9.13 Å². The summed E-state index contributed by atoms with van der Waals surface area (Å²) in [5, 5.41) is 0. The van der Waals surface area contributed by atoms with Crippen molar-refractivity contribution in [1.29, 1.82) is 0 Å². The van der Waals surface area contributed by atoms with Gasteiger partial charge in [-0.25, -0.2) is 0 Å². The first-order chi connectivity index (χ1) is 7.41. The van der Waals surface area contributed by atoms with E-state index in [2.05, 4.69) is 20.7 Å². The number of ether oxygens (including phenoxy) is 1. The molecular formula is C10H8BrF2IO2. The Labute approximate surface area is 114 Å². The molecule has 0 bridgehead atoms. The van der Waals surface area contributed by atoms with E-state index in [9.17, 15) is 13.6 Å². The smallest absolute Gasteiger partial charge is 0.387 e. The Morgan fingerprint density at radius 3 is 2.62 bits per heavy atom. The molecule has 16 heavy (non-hydrogen) atoms. The Morgan fingerprint density at radius 1 is 1.50 bits per heavy atom. The number of benzene rings is 1. The maximum atomic E-state index is 12.0. The van der Waals surface area contributed by atoms with E-state index in [1.165, 1.54) is 12.1 Å². The fourth-order valence-corrected chi connectivity index (χ4v) is 1.93. The summed E-state index contributed by atoms with van der Waals surface area (Å²) in [6.07, 6.45) is 0. The van der Waals surface area contributed by atoms with Crippen molar-refractivity contribution in [2.45, 2.75) is 18.4 Å². The van der Waals surface area contributed by atoms with Gasteiger partial charge in [0.25, 0.3) is 0 Å². The summed E-state index contributed by atoms with van der Waals surface area (Å²) in [5.74, 6) is -0.170. The molecular weight excluding hydrogens is 397 g/mol. The number of rotatable bonds is 4. The van der Waals surface area contributed by atoms with Crippen molar-refractivity contribution in [2.75, 3.05) is 0 Å². The Hall–Kier alpha value is -0.240. The average Bonchev–Trinajstić information content (AvgIpc) is 2.19. The molecule has 0 fully saturated rings. The molecule has 0 aliphatic carbocycles. The second-order valence-electron chi connectivity index (χ2n) is 3.00. The first kappa shape index (κ1) is 13.8. The maximum Gasteiger partial charge on any atom is 0.387 e. The van der Waals surface area contributed by atoms with Crippen molar-refractivity contribution in [1.82, 2.24) is 0 Å². The van der Waals surface area contributed by atoms with Crippen LogP contribution in [0.15, 0.2) is 18.2 Å². The van der Waals surface area contributed by atoms with E-state index < -0.39 is 6.61 Å². The lowest BCUT2D eigenvalue weighted by Gasteiger charge is -2.09. The maximum absolute atomic E-state index is 12.0. The number of halogens is 4. The molecule has 0 saturated carbocycles. The monoisotopic (exact) mass is 404 g/mol. The van der Waals surface area contributed by atoms with Crippen LogP contribution in [0.2, 0.25) is 0 Å². The van der Waals surface area contributed by atoms with Gasteiger partial charge in [-0.2, -0.15) is 8.78 Å². The van der Waals surface area contributed by atoms with Gasteiger partial charge in [0.15, 0.2) is 5.78 Å². The number of carbonyl (C=O) groups is 1. The lowest BCUT2D eigenvalue weighted by molar-refractivity contribution is -0.0498. The highest BCUT2D eigenvalue weighted by Gasteiger charge is 2.16. The van der Waals surface area contributed by atoms with Gasteiger partial charge in [-0.1, -0.05) is 15.9 Å². The van der Waals surface area contributed by atoms with Crippen molar-refractivity contribution in [3.05, 3.63) is 27.3 Å². The molecule has 6 heteroatoms. The molecule has 0 N–H and O–H groups in total. The molecule has 0 radical (unpaired) electrons. The predicted octanol–water partition coefficient (Wildman–Crippen LogP) is 3.86. The standard InChI is InChI=1S/C10H8BrF2IO2/c1-5(11)9(15)7-4-6(16-10(12)13)2-3-8(7)14/h2-5,10H,1H3. The fraction of sp³-hybridized carbons (Fsp3) is 0.300. The Morgan fingerprint density at radius 2 is 2.12 bits per heavy atom. The number of hydrogen-bond acceptors (Lipinski definition) is 2. The van der Waals surface area contributed by atoms with Gasteiger partial charge in [0.1, 0.15) is 5.75 Å². The summed E-state index contributed by atoms with van der Waals surface area (Å²) in [4.78, 5) is 11.4. The lowest BCUT2D eigenvalue weighted by atomic mass is 10.1. The quantitative estimate of drug-likeness (QED) is 0.432. The highest BCUT2D eigenvalue weighted by molar-refractivity contribution is 14.1. The van der Waals surface area contributed by atoms with Crippen molar-refractivity contribution >= 4 is 44.3 Å². The first-order valence-corrected chi connectivity index (χ1v) is 6.34. The molecule has 1 unspecified atom stereocenters. The van der Waals surface area contributed by atoms with Crippen LogP contribution >= 0.6 is 38.5 Å². The molecule has 1 aromatic carbocycles. The van der Waals surface area contributed by atoms with Crippen LogP contribution in [0.25, 0.3) is 0 Å². The summed E-state index contributed by atoms with van der Waals surface area (Å²) in [7, 11) is 0. The van der Waals surface area contributed by atoms with Gasteiger partial charge in [0.2, 0.25) is 0 Å². The summed E-state index contributed by atoms with van der Waals surface area (Å²) >= 11 is 5.12. The lowest BCUT2D eigenvalue weighted by Crippen LogP contribution is -2.12. The molecule has 0 aromatic heterocycles. The minimum atomic E-state index is -2.88. The Balaban J connectivity index is 3.04. The molecule has 1 aromatic rings. The van der Waals surface area contributed by atoms with Gasteiger partial charge in [-0.3, -0.25) is 4.79 Å². The summed E-state index contributed by atoms with van der Waals surface area (Å²) in [5.41, 5.74) is 0.378. The van der Waals surface area contributed by atoms with Crippen molar-refractivity contribution in [3.63, 3.8) is 0 Å². The molecule has 0 aliphatic rings. The molecule has 0 heterocycles. The molecule has 1 rings (SSSR count). The molecule has 88 valence electrons. The van der Waals surface area contributed by atoms with Gasteiger partial charge in [-0.15, -0.1) is 0 Å². The number of alkyl halides is 3. The SMILES string of the molecule is CC(Br)C(=O)c1cc(OC(F)F)ccc1I. The normalized spacial score (nSPS) is 12.6. The van der Waals surface area contributed by atoms with E-state index in [0.717, 1.165) is 0 Å². The van der Waals surface area contributed by atoms with Crippen molar-refractivity contribution < 1.29 is 18.3 Å². The van der Waals surface area contributed by atoms with Crippen molar-refractivity contribution in [3.8, 4) is 5.75 Å². The number of ketones is 1. The summed E-state index contributed by atoms with van der Waals surface area (Å²) < 4.78 is 28.9. The second-order valence-corrected chi connectivity index (χ2v) is 5.54. The minimum Gasteiger partial charge on any atom is -0.435 e. The van der Waals surface area contributed by atoms with Crippen LogP contribution in [0.3, 0.4) is 0 Å². The fourth-order valence-electron chi connectivity index (χ4n) is 1.08. The van der Waals surface area contributed by atoms with E-state index in [4.69, 9.17) is 0 Å². The average molecular weight is 405 g/mol. The van der Waals surface area contributed by atoms with Gasteiger partial charge in [-0.05, 0) is 47.7 Å². The molecule has 0 aliphatic heterocycles. The third-order valence-electron chi connectivity index (χ3n) is 1.79. The van der Waals surface area contributed by atoms with Crippen LogP contribution in [0.1, 0.15) is 17.3 Å². The number of hydrogen-bond donors (Lipinski definition) is 0. The molecule has 0 saturated heterocycles. The number of carbonyl (C=O) groups excluding carboxylic acids is 1. The Kier molecular flexibility index (Phi) is 5.10. The van der Waals surface area contributed by atoms with Gasteiger partial charge < -0.3 is 4.74 Å². The summed E-state index contributed by atoms with van der Waals surface area (Å²) in [6, 6.07) is 4.30. The van der Waals surface area contributed by atoms with E-state index >= 15 is 0 Å². The van der Waals surface area contributed by atoms with Gasteiger partial charge in [0.05, 0.1) is 4.83 Å². The van der Waals surface area contributed by atoms with Crippen LogP contribution in [0.4, 0.5) is 8.78 Å². The molecule has 0 amide bonds. The topological polar surface area (TPSA) is 26.3 Å². The van der Waals surface area contributed by atoms with Crippen LogP contribution in [-0.4, -0.2) is 17.2 Å². The summed E-state index contributed by atoms with van der Waals surface area (Å²) in [6.45, 7) is -1.21. The van der Waals surface area contributed by atoms with Gasteiger partial charge in [0, 0.05) is 9.13 Å². The predicted molar refractivity (Wildman–Crippen MR) is 68.5 cm³/mol. The highest BCUT2D eigenvalue weighted by Crippen LogP contribution is 2.23. The van der Waals surface area contributed by atoms with Crippen LogP contribution < -0.4 is 4.74 Å². The third kappa shape index (κ3) is 3.65. The zero-order valence-corrected chi connectivity index (χ0v) is 12.0. The van der Waals surface area contributed by atoms with Crippen molar-refractivity contribution in [2.24, 2.45) is 0 Å². The first-order valence-electron chi connectivity index (χ1n) is 4.34. The number of Topliss-reactive ketones (excluding diaryl/α,β-unsaturated/α-hetero) is 1. The van der Waals surface area contributed by atoms with Crippen LogP contribution in [0, 0.1) is 3.57 Å². The van der Waals surface area contributed by atoms with E-state index in [1.54, 1.807) is 13.0 Å². The second kappa shape index (κ2) is 5.90. The largest absolute Gasteiger partial charge is 0.435 e.